The summed E-state index contributed by atoms with van der Waals surface area (Å²) < 4.78 is 5.32. The number of hydrogen-bond donors (Lipinski definition) is 2. The van der Waals surface area contributed by atoms with Gasteiger partial charge in [0.2, 0.25) is 5.91 Å². The maximum Gasteiger partial charge on any atom is 0.225 e. The molecule has 1 rings (SSSR count). The van der Waals surface area contributed by atoms with Crippen molar-refractivity contribution in [3.8, 4) is 5.75 Å². The first kappa shape index (κ1) is 15.5. The molecular weight excluding hydrogens is 240 g/mol. The van der Waals surface area contributed by atoms with E-state index in [1.54, 1.807) is 7.11 Å². The number of nitrogens with two attached hydrogens (primary N) is 1. The van der Waals surface area contributed by atoms with Crippen molar-refractivity contribution in [1.29, 1.82) is 0 Å². The summed E-state index contributed by atoms with van der Waals surface area (Å²) in [5, 5.41) is 2.93. The van der Waals surface area contributed by atoms with Crippen LogP contribution in [-0.2, 0) is 4.79 Å². The molecule has 3 N–H and O–H groups in total. The van der Waals surface area contributed by atoms with Crippen LogP contribution in [0.5, 0.6) is 5.75 Å². The van der Waals surface area contributed by atoms with E-state index in [-0.39, 0.29) is 11.3 Å². The zero-order valence-corrected chi connectivity index (χ0v) is 12.5. The van der Waals surface area contributed by atoms with Crippen LogP contribution in [0.25, 0.3) is 0 Å². The van der Waals surface area contributed by atoms with Crippen LogP contribution >= 0.6 is 0 Å². The second-order valence-electron chi connectivity index (χ2n) is 5.75. The molecule has 0 saturated heterocycles. The van der Waals surface area contributed by atoms with Gasteiger partial charge in [-0.3, -0.25) is 4.79 Å². The Morgan fingerprint density at radius 2 is 2.00 bits per heavy atom. The number of ether oxygens (including phenoxy) is 1. The smallest absolute Gasteiger partial charge is 0.225 e. The molecule has 0 aromatic heterocycles. The Labute approximate surface area is 115 Å². The zero-order valence-electron chi connectivity index (χ0n) is 12.5. The molecule has 0 atom stereocenters. The minimum Gasteiger partial charge on any atom is -0.495 e. The first-order chi connectivity index (χ1) is 8.79. The molecule has 1 aromatic carbocycles. The molecule has 0 aliphatic heterocycles. The number of carbonyl (C=O) groups is 1. The van der Waals surface area contributed by atoms with Crippen LogP contribution in [0.2, 0.25) is 0 Å². The minimum atomic E-state index is -0.198. The molecule has 0 aliphatic carbocycles. The SMILES string of the molecule is COc1cc(C)cc(C)c1NC(=O)CC(C)(C)CN. The van der Waals surface area contributed by atoms with E-state index in [0.29, 0.717) is 18.7 Å². The average molecular weight is 264 g/mol. The van der Waals surface area contributed by atoms with Crippen molar-refractivity contribution in [3.05, 3.63) is 23.3 Å². The molecule has 0 bridgehead atoms. The topological polar surface area (TPSA) is 64.3 Å². The van der Waals surface area contributed by atoms with Crippen molar-refractivity contribution in [2.45, 2.75) is 34.1 Å². The normalized spacial score (nSPS) is 11.3. The fourth-order valence-corrected chi connectivity index (χ4v) is 1.94. The average Bonchev–Trinajstić information content (AvgIpc) is 2.31. The fourth-order valence-electron chi connectivity index (χ4n) is 1.94. The molecule has 1 amide bonds. The van der Waals surface area contributed by atoms with Gasteiger partial charge in [0.05, 0.1) is 12.8 Å². The van der Waals surface area contributed by atoms with Crippen LogP contribution in [0.1, 0.15) is 31.4 Å². The number of carbonyl (C=O) groups excluding carboxylic acids is 1. The number of rotatable bonds is 5. The highest BCUT2D eigenvalue weighted by Crippen LogP contribution is 2.30. The van der Waals surface area contributed by atoms with Gasteiger partial charge in [0.1, 0.15) is 5.75 Å². The van der Waals surface area contributed by atoms with Crippen molar-refractivity contribution in [2.24, 2.45) is 11.1 Å². The molecule has 0 spiro atoms. The van der Waals surface area contributed by atoms with Gasteiger partial charge in [-0.05, 0) is 43.0 Å². The summed E-state index contributed by atoms with van der Waals surface area (Å²) in [6.45, 7) is 8.39. The third-order valence-electron chi connectivity index (χ3n) is 3.12. The van der Waals surface area contributed by atoms with E-state index in [2.05, 4.69) is 5.32 Å². The van der Waals surface area contributed by atoms with Crippen LogP contribution in [-0.4, -0.2) is 19.6 Å². The van der Waals surface area contributed by atoms with Crippen LogP contribution in [0.4, 0.5) is 5.69 Å². The first-order valence-electron chi connectivity index (χ1n) is 6.44. The van der Waals surface area contributed by atoms with E-state index in [4.69, 9.17) is 10.5 Å². The molecule has 0 radical (unpaired) electrons. The molecular formula is C15H24N2O2. The number of anilines is 1. The molecule has 0 heterocycles. The van der Waals surface area contributed by atoms with E-state index in [1.165, 1.54) is 0 Å². The minimum absolute atomic E-state index is 0.0410. The second kappa shape index (κ2) is 6.06. The number of methoxy groups -OCH3 is 1. The summed E-state index contributed by atoms with van der Waals surface area (Å²) >= 11 is 0. The van der Waals surface area contributed by atoms with Crippen molar-refractivity contribution in [1.82, 2.24) is 0 Å². The van der Waals surface area contributed by atoms with Gasteiger partial charge in [-0.2, -0.15) is 0 Å². The summed E-state index contributed by atoms with van der Waals surface area (Å²) in [6, 6.07) is 3.93. The summed E-state index contributed by atoms with van der Waals surface area (Å²) in [6.07, 6.45) is 0.389. The van der Waals surface area contributed by atoms with E-state index in [1.807, 2.05) is 39.8 Å². The monoisotopic (exact) mass is 264 g/mol. The van der Waals surface area contributed by atoms with Gasteiger partial charge in [-0.15, -0.1) is 0 Å². The van der Waals surface area contributed by atoms with E-state index in [0.717, 1.165) is 16.8 Å². The van der Waals surface area contributed by atoms with Gasteiger partial charge in [0, 0.05) is 6.42 Å². The quantitative estimate of drug-likeness (QED) is 0.859. The predicted octanol–water partition coefficient (Wildman–Crippen LogP) is 2.63. The number of amides is 1. The lowest BCUT2D eigenvalue weighted by Crippen LogP contribution is -2.29. The molecule has 1 aromatic rings. The number of aryl methyl sites for hydroxylation is 2. The molecule has 19 heavy (non-hydrogen) atoms. The van der Waals surface area contributed by atoms with Crippen LogP contribution in [0.15, 0.2) is 12.1 Å². The Morgan fingerprint density at radius 3 is 2.53 bits per heavy atom. The summed E-state index contributed by atoms with van der Waals surface area (Å²) in [7, 11) is 1.60. The zero-order chi connectivity index (χ0) is 14.6. The number of nitrogens with one attached hydrogen (secondary N) is 1. The predicted molar refractivity (Wildman–Crippen MR) is 78.6 cm³/mol. The number of benzene rings is 1. The van der Waals surface area contributed by atoms with Gasteiger partial charge >= 0.3 is 0 Å². The molecule has 0 fully saturated rings. The Bertz CT molecular complexity index is 467. The van der Waals surface area contributed by atoms with Gasteiger partial charge in [0.25, 0.3) is 0 Å². The molecule has 0 saturated carbocycles. The molecule has 0 unspecified atom stereocenters. The fraction of sp³-hybridized carbons (Fsp3) is 0.533. The van der Waals surface area contributed by atoms with E-state index >= 15 is 0 Å². The largest absolute Gasteiger partial charge is 0.495 e. The second-order valence-corrected chi connectivity index (χ2v) is 5.75. The Balaban J connectivity index is 2.91. The highest BCUT2D eigenvalue weighted by molar-refractivity contribution is 5.93. The lowest BCUT2D eigenvalue weighted by atomic mass is 9.89. The lowest BCUT2D eigenvalue weighted by Gasteiger charge is -2.22. The number of hydrogen-bond acceptors (Lipinski definition) is 3. The van der Waals surface area contributed by atoms with Crippen LogP contribution < -0.4 is 15.8 Å². The van der Waals surface area contributed by atoms with Crippen molar-refractivity contribution in [2.75, 3.05) is 19.0 Å². The molecule has 4 heteroatoms. The molecule has 106 valence electrons. The summed E-state index contributed by atoms with van der Waals surface area (Å²) in [5.41, 5.74) is 8.29. The Morgan fingerprint density at radius 1 is 1.37 bits per heavy atom. The molecule has 4 nitrogen and oxygen atoms in total. The third kappa shape index (κ3) is 4.24. The lowest BCUT2D eigenvalue weighted by molar-refractivity contribution is -0.117. The standard InChI is InChI=1S/C15H24N2O2/c1-10-6-11(2)14(12(7-10)19-5)17-13(18)8-15(3,4)9-16/h6-7H,8-9,16H2,1-5H3,(H,17,18). The van der Waals surface area contributed by atoms with Gasteiger partial charge in [-0.25, -0.2) is 0 Å². The first-order valence-corrected chi connectivity index (χ1v) is 6.44. The van der Waals surface area contributed by atoms with Gasteiger partial charge in [-0.1, -0.05) is 19.9 Å². The van der Waals surface area contributed by atoms with Gasteiger partial charge in [0.15, 0.2) is 0 Å². The third-order valence-corrected chi connectivity index (χ3v) is 3.12. The Hall–Kier alpha value is -1.55. The Kier molecular flexibility index (Phi) is 4.95. The van der Waals surface area contributed by atoms with E-state index < -0.39 is 0 Å². The van der Waals surface area contributed by atoms with E-state index in [9.17, 15) is 4.79 Å². The van der Waals surface area contributed by atoms with Crippen molar-refractivity contribution < 1.29 is 9.53 Å². The van der Waals surface area contributed by atoms with Gasteiger partial charge < -0.3 is 15.8 Å². The van der Waals surface area contributed by atoms with Crippen molar-refractivity contribution in [3.63, 3.8) is 0 Å². The highest BCUT2D eigenvalue weighted by atomic mass is 16.5. The maximum absolute atomic E-state index is 12.1. The van der Waals surface area contributed by atoms with Crippen LogP contribution in [0.3, 0.4) is 0 Å². The van der Waals surface area contributed by atoms with Crippen molar-refractivity contribution >= 4 is 11.6 Å². The summed E-state index contributed by atoms with van der Waals surface area (Å²) in [5.74, 6) is 0.650. The van der Waals surface area contributed by atoms with Crippen LogP contribution in [0, 0.1) is 19.3 Å². The highest BCUT2D eigenvalue weighted by Gasteiger charge is 2.21. The molecule has 0 aliphatic rings. The summed E-state index contributed by atoms with van der Waals surface area (Å²) in [4.78, 5) is 12.1. The maximum atomic E-state index is 12.1.